The first-order valence-corrected chi connectivity index (χ1v) is 11.1. The molecule has 0 saturated carbocycles. The van der Waals surface area contributed by atoms with Gasteiger partial charge in [0.25, 0.3) is 0 Å². The van der Waals surface area contributed by atoms with E-state index in [4.69, 9.17) is 4.74 Å². The Morgan fingerprint density at radius 3 is 2.15 bits per heavy atom. The van der Waals surface area contributed by atoms with Gasteiger partial charge in [0.2, 0.25) is 15.8 Å². The summed E-state index contributed by atoms with van der Waals surface area (Å²) in [7, 11) is -4.01. The van der Waals surface area contributed by atoms with E-state index in [-0.39, 0.29) is 29.4 Å². The van der Waals surface area contributed by atoms with E-state index in [1.165, 1.54) is 24.3 Å². The topological polar surface area (TPSA) is 85.5 Å². The lowest BCUT2D eigenvalue weighted by Crippen LogP contribution is -2.31. The fourth-order valence-corrected chi connectivity index (χ4v) is 4.79. The fourth-order valence-electron chi connectivity index (χ4n) is 3.31. The molecule has 0 N–H and O–H groups in total. The molecule has 3 aromatic rings. The van der Waals surface area contributed by atoms with Crippen LogP contribution >= 0.6 is 0 Å². The standard InChI is InChI=1S/C20H15F6N3O4S/c21-19(22,23)13-3-7-16(8-4-13)34(30,31)29-10-9-15(11-29)32-14-5-1-12(2-6-14)17-27-18(33-28-17)20(24,25)26/h1-8,15H,9-11H2/t15-/m1/s1. The number of ether oxygens (including phenoxy) is 1. The van der Waals surface area contributed by atoms with Crippen LogP contribution in [0.5, 0.6) is 5.75 Å². The molecule has 0 radical (unpaired) electrons. The first kappa shape index (κ1) is 24.0. The molecule has 34 heavy (non-hydrogen) atoms. The molecular weight excluding hydrogens is 492 g/mol. The average Bonchev–Trinajstić information content (AvgIpc) is 3.44. The summed E-state index contributed by atoms with van der Waals surface area (Å²) in [6.45, 7) is 0.0834. The average molecular weight is 507 g/mol. The lowest BCUT2D eigenvalue weighted by atomic mass is 10.2. The fraction of sp³-hybridized carbons (Fsp3) is 0.300. The normalized spacial score (nSPS) is 17.8. The summed E-state index contributed by atoms with van der Waals surface area (Å²) in [5.41, 5.74) is -0.697. The first-order valence-electron chi connectivity index (χ1n) is 9.69. The number of hydrogen-bond acceptors (Lipinski definition) is 6. The quantitative estimate of drug-likeness (QED) is 0.469. The van der Waals surface area contributed by atoms with Gasteiger partial charge in [-0.3, -0.25) is 0 Å². The highest BCUT2D eigenvalue weighted by Gasteiger charge is 2.39. The summed E-state index contributed by atoms with van der Waals surface area (Å²) >= 11 is 0. The van der Waals surface area contributed by atoms with Gasteiger partial charge in [0.1, 0.15) is 11.9 Å². The molecule has 1 fully saturated rings. The Morgan fingerprint density at radius 1 is 0.941 bits per heavy atom. The molecule has 0 spiro atoms. The minimum absolute atomic E-state index is 0.0229. The van der Waals surface area contributed by atoms with Gasteiger partial charge in [0.05, 0.1) is 17.0 Å². The van der Waals surface area contributed by atoms with E-state index in [9.17, 15) is 34.8 Å². The van der Waals surface area contributed by atoms with Gasteiger partial charge in [-0.1, -0.05) is 5.16 Å². The van der Waals surface area contributed by atoms with Crippen LogP contribution < -0.4 is 4.74 Å². The van der Waals surface area contributed by atoms with Crippen LogP contribution in [0.3, 0.4) is 0 Å². The zero-order chi connectivity index (χ0) is 24.7. The third kappa shape index (κ3) is 5.01. The molecule has 1 saturated heterocycles. The van der Waals surface area contributed by atoms with Gasteiger partial charge in [-0.2, -0.15) is 35.6 Å². The van der Waals surface area contributed by atoms with E-state index in [1.54, 1.807) is 0 Å². The second-order valence-corrected chi connectivity index (χ2v) is 9.30. The van der Waals surface area contributed by atoms with Crippen molar-refractivity contribution in [1.82, 2.24) is 14.4 Å². The number of halogens is 6. The zero-order valence-corrected chi connectivity index (χ0v) is 17.8. The van der Waals surface area contributed by atoms with Crippen molar-refractivity contribution in [3.05, 3.63) is 60.0 Å². The second-order valence-electron chi connectivity index (χ2n) is 7.36. The smallest absolute Gasteiger partial charge is 0.471 e. The number of sulfonamides is 1. The summed E-state index contributed by atoms with van der Waals surface area (Å²) in [6, 6.07) is 9.01. The Balaban J connectivity index is 1.39. The number of rotatable bonds is 5. The highest BCUT2D eigenvalue weighted by molar-refractivity contribution is 7.89. The zero-order valence-electron chi connectivity index (χ0n) is 17.0. The third-order valence-corrected chi connectivity index (χ3v) is 6.89. The molecule has 182 valence electrons. The van der Waals surface area contributed by atoms with E-state index in [2.05, 4.69) is 14.7 Å². The van der Waals surface area contributed by atoms with E-state index in [0.29, 0.717) is 24.3 Å². The highest BCUT2D eigenvalue weighted by Crippen LogP contribution is 2.32. The van der Waals surface area contributed by atoms with Crippen molar-refractivity contribution in [2.24, 2.45) is 0 Å². The molecule has 1 aromatic heterocycles. The summed E-state index contributed by atoms with van der Waals surface area (Å²) in [6.07, 6.45) is -9.53. The Morgan fingerprint density at radius 2 is 1.59 bits per heavy atom. The van der Waals surface area contributed by atoms with Crippen LogP contribution in [0.25, 0.3) is 11.4 Å². The number of nitrogens with zero attached hydrogens (tertiary/aromatic N) is 3. The Kier molecular flexibility index (Phi) is 6.06. The van der Waals surface area contributed by atoms with Gasteiger partial charge in [-0.15, -0.1) is 0 Å². The molecular formula is C20H15F6N3O4S. The number of alkyl halides is 6. The molecule has 14 heteroatoms. The van der Waals surface area contributed by atoms with Gasteiger partial charge >= 0.3 is 18.2 Å². The molecule has 2 aromatic carbocycles. The molecule has 7 nitrogen and oxygen atoms in total. The van der Waals surface area contributed by atoms with Crippen molar-refractivity contribution in [2.75, 3.05) is 13.1 Å². The van der Waals surface area contributed by atoms with Crippen molar-refractivity contribution >= 4 is 10.0 Å². The minimum Gasteiger partial charge on any atom is -0.489 e. The molecule has 1 aliphatic rings. The summed E-state index contributed by atoms with van der Waals surface area (Å²) in [5.74, 6) is -1.39. The van der Waals surface area contributed by atoms with Crippen molar-refractivity contribution in [3.63, 3.8) is 0 Å². The number of hydrogen-bond donors (Lipinski definition) is 0. The van der Waals surface area contributed by atoms with E-state index >= 15 is 0 Å². The molecule has 1 aliphatic heterocycles. The predicted octanol–water partition coefficient (Wildman–Crippen LogP) is 4.62. The van der Waals surface area contributed by atoms with Crippen LogP contribution in [0.1, 0.15) is 17.9 Å². The van der Waals surface area contributed by atoms with Crippen molar-refractivity contribution in [1.29, 1.82) is 0 Å². The summed E-state index contributed by atoms with van der Waals surface area (Å²) in [4.78, 5) is 3.03. The van der Waals surface area contributed by atoms with Crippen LogP contribution in [0.2, 0.25) is 0 Å². The molecule has 0 unspecified atom stereocenters. The molecule has 0 amide bonds. The molecule has 1 atom stereocenters. The third-order valence-electron chi connectivity index (χ3n) is 5.01. The lowest BCUT2D eigenvalue weighted by Gasteiger charge is -2.18. The van der Waals surface area contributed by atoms with Gasteiger partial charge in [0, 0.05) is 12.1 Å². The Bertz CT molecular complexity index is 1260. The minimum atomic E-state index is -4.76. The summed E-state index contributed by atoms with van der Waals surface area (Å²) in [5, 5.41) is 3.29. The van der Waals surface area contributed by atoms with E-state index < -0.39 is 39.9 Å². The predicted molar refractivity (Wildman–Crippen MR) is 104 cm³/mol. The maximum atomic E-state index is 12.8. The molecule has 4 rings (SSSR count). The Hall–Kier alpha value is -3.13. The molecule has 0 bridgehead atoms. The number of aromatic nitrogens is 2. The SMILES string of the molecule is O=S(=O)(c1ccc(C(F)(F)F)cc1)N1CC[C@@H](Oc2ccc(-c3noc(C(F)(F)F)n3)cc2)C1. The van der Waals surface area contributed by atoms with Crippen molar-refractivity contribution in [3.8, 4) is 17.1 Å². The maximum absolute atomic E-state index is 12.8. The lowest BCUT2D eigenvalue weighted by molar-refractivity contribution is -0.159. The Labute approximate surface area is 189 Å². The van der Waals surface area contributed by atoms with Crippen LogP contribution in [0, 0.1) is 0 Å². The van der Waals surface area contributed by atoms with Crippen molar-refractivity contribution in [2.45, 2.75) is 29.8 Å². The molecule has 2 heterocycles. The van der Waals surface area contributed by atoms with Gasteiger partial charge in [-0.05, 0) is 55.0 Å². The maximum Gasteiger partial charge on any atom is 0.471 e. The van der Waals surface area contributed by atoms with Crippen LogP contribution in [0.4, 0.5) is 26.3 Å². The van der Waals surface area contributed by atoms with E-state index in [1.807, 2.05) is 0 Å². The molecule has 0 aliphatic carbocycles. The number of benzene rings is 2. The monoisotopic (exact) mass is 507 g/mol. The van der Waals surface area contributed by atoms with Crippen LogP contribution in [0.15, 0.2) is 57.9 Å². The summed E-state index contributed by atoms with van der Waals surface area (Å²) < 4.78 is 112. The second kappa shape index (κ2) is 8.58. The van der Waals surface area contributed by atoms with E-state index in [0.717, 1.165) is 16.4 Å². The van der Waals surface area contributed by atoms with Crippen LogP contribution in [-0.4, -0.2) is 42.1 Å². The van der Waals surface area contributed by atoms with Gasteiger partial charge < -0.3 is 9.26 Å². The highest BCUT2D eigenvalue weighted by atomic mass is 32.2. The van der Waals surface area contributed by atoms with Gasteiger partial charge in [0.15, 0.2) is 0 Å². The van der Waals surface area contributed by atoms with Crippen LogP contribution in [-0.2, 0) is 22.4 Å². The van der Waals surface area contributed by atoms with Gasteiger partial charge in [-0.25, -0.2) is 8.42 Å². The largest absolute Gasteiger partial charge is 0.489 e. The first-order chi connectivity index (χ1) is 15.8. The van der Waals surface area contributed by atoms with Crippen molar-refractivity contribution < 1.29 is 44.0 Å².